The highest BCUT2D eigenvalue weighted by Gasteiger charge is 2.07. The lowest BCUT2D eigenvalue weighted by molar-refractivity contribution is 0.187. The molecule has 1 aromatic heterocycles. The van der Waals surface area contributed by atoms with E-state index in [1.165, 1.54) is 5.56 Å². The summed E-state index contributed by atoms with van der Waals surface area (Å²) in [5.41, 5.74) is 2.90. The van der Waals surface area contributed by atoms with Crippen molar-refractivity contribution in [3.8, 4) is 0 Å². The Bertz CT molecular complexity index is 471. The lowest BCUT2D eigenvalue weighted by Crippen LogP contribution is -2.13. The second kappa shape index (κ2) is 5.46. The molecule has 0 radical (unpaired) electrons. The summed E-state index contributed by atoms with van der Waals surface area (Å²) in [5, 5.41) is 13.1. The van der Waals surface area contributed by atoms with Crippen LogP contribution in [0.15, 0.2) is 48.7 Å². The van der Waals surface area contributed by atoms with E-state index in [-0.39, 0.29) is 0 Å². The molecular formula is C14H16N2O. The first-order valence-corrected chi connectivity index (χ1v) is 5.65. The molecular weight excluding hydrogens is 212 g/mol. The molecule has 3 heteroatoms. The Morgan fingerprint density at radius 2 is 2.12 bits per heavy atom. The Morgan fingerprint density at radius 3 is 2.82 bits per heavy atom. The van der Waals surface area contributed by atoms with E-state index in [9.17, 15) is 5.11 Å². The molecule has 1 aromatic carbocycles. The molecule has 0 amide bonds. The molecule has 0 fully saturated rings. The van der Waals surface area contributed by atoms with E-state index in [1.54, 1.807) is 6.20 Å². The number of aryl methyl sites for hydroxylation is 1. The minimum absolute atomic E-state index is 0.459. The monoisotopic (exact) mass is 228 g/mol. The molecule has 1 atom stereocenters. The van der Waals surface area contributed by atoms with Gasteiger partial charge in [0.25, 0.3) is 0 Å². The Kier molecular flexibility index (Phi) is 3.73. The van der Waals surface area contributed by atoms with E-state index >= 15 is 0 Å². The maximum atomic E-state index is 9.93. The lowest BCUT2D eigenvalue weighted by atomic mass is 10.2. The predicted molar refractivity (Wildman–Crippen MR) is 68.9 cm³/mol. The summed E-state index contributed by atoms with van der Waals surface area (Å²) in [4.78, 5) is 4.12. The number of hydrogen-bond donors (Lipinski definition) is 2. The van der Waals surface area contributed by atoms with Gasteiger partial charge in [-0.3, -0.25) is 4.98 Å². The topological polar surface area (TPSA) is 45.1 Å². The average molecular weight is 228 g/mol. The number of aromatic nitrogens is 1. The van der Waals surface area contributed by atoms with Crippen molar-refractivity contribution in [2.24, 2.45) is 0 Å². The molecule has 0 aliphatic carbocycles. The van der Waals surface area contributed by atoms with Crippen LogP contribution in [-0.4, -0.2) is 16.6 Å². The summed E-state index contributed by atoms with van der Waals surface area (Å²) >= 11 is 0. The zero-order valence-electron chi connectivity index (χ0n) is 9.80. The zero-order valence-corrected chi connectivity index (χ0v) is 9.80. The second-order valence-corrected chi connectivity index (χ2v) is 4.02. The van der Waals surface area contributed by atoms with Crippen LogP contribution in [0.4, 0.5) is 5.69 Å². The Balaban J connectivity index is 1.95. The van der Waals surface area contributed by atoms with Crippen LogP contribution in [-0.2, 0) is 0 Å². The maximum Gasteiger partial charge on any atom is 0.113 e. The maximum absolute atomic E-state index is 9.93. The number of nitrogens with one attached hydrogen (secondary N) is 1. The van der Waals surface area contributed by atoms with Crippen LogP contribution >= 0.6 is 0 Å². The number of aliphatic hydroxyl groups excluding tert-OH is 1. The van der Waals surface area contributed by atoms with Gasteiger partial charge < -0.3 is 10.4 Å². The van der Waals surface area contributed by atoms with E-state index in [2.05, 4.69) is 10.3 Å². The van der Waals surface area contributed by atoms with E-state index in [1.807, 2.05) is 49.4 Å². The van der Waals surface area contributed by atoms with E-state index in [4.69, 9.17) is 0 Å². The number of rotatable bonds is 4. The molecule has 2 rings (SSSR count). The van der Waals surface area contributed by atoms with Gasteiger partial charge >= 0.3 is 0 Å². The van der Waals surface area contributed by atoms with Crippen molar-refractivity contribution in [1.82, 2.24) is 4.98 Å². The second-order valence-electron chi connectivity index (χ2n) is 4.02. The number of nitrogens with zero attached hydrogens (tertiary/aromatic N) is 1. The number of pyridine rings is 1. The van der Waals surface area contributed by atoms with Crippen LogP contribution in [0.1, 0.15) is 17.4 Å². The highest BCUT2D eigenvalue weighted by atomic mass is 16.3. The smallest absolute Gasteiger partial charge is 0.113 e. The summed E-state index contributed by atoms with van der Waals surface area (Å²) in [5.74, 6) is 0. The Labute approximate surface area is 101 Å². The molecule has 17 heavy (non-hydrogen) atoms. The number of aliphatic hydroxyl groups is 1. The first-order chi connectivity index (χ1) is 8.25. The Hall–Kier alpha value is -1.87. The molecule has 0 spiro atoms. The molecule has 0 aliphatic heterocycles. The predicted octanol–water partition coefficient (Wildman–Crippen LogP) is 2.54. The molecule has 3 nitrogen and oxygen atoms in total. The molecule has 88 valence electrons. The Morgan fingerprint density at radius 1 is 1.24 bits per heavy atom. The fourth-order valence-electron chi connectivity index (χ4n) is 1.65. The van der Waals surface area contributed by atoms with Gasteiger partial charge in [-0.25, -0.2) is 0 Å². The molecule has 2 N–H and O–H groups in total. The highest BCUT2D eigenvalue weighted by Crippen LogP contribution is 2.13. The SMILES string of the molecule is Cc1cccc(NCC(O)c2ccccn2)c1. The molecule has 0 saturated heterocycles. The van der Waals surface area contributed by atoms with Crippen molar-refractivity contribution >= 4 is 5.69 Å². The van der Waals surface area contributed by atoms with Gasteiger partial charge in [0.2, 0.25) is 0 Å². The van der Waals surface area contributed by atoms with Gasteiger partial charge in [0.15, 0.2) is 0 Å². The highest BCUT2D eigenvalue weighted by molar-refractivity contribution is 5.45. The van der Waals surface area contributed by atoms with Crippen LogP contribution < -0.4 is 5.32 Å². The normalized spacial score (nSPS) is 12.1. The van der Waals surface area contributed by atoms with Gasteiger partial charge in [-0.2, -0.15) is 0 Å². The van der Waals surface area contributed by atoms with Gasteiger partial charge in [0.1, 0.15) is 6.10 Å². The van der Waals surface area contributed by atoms with Gasteiger partial charge in [-0.15, -0.1) is 0 Å². The van der Waals surface area contributed by atoms with E-state index < -0.39 is 6.10 Å². The van der Waals surface area contributed by atoms with Crippen LogP contribution in [0.2, 0.25) is 0 Å². The van der Waals surface area contributed by atoms with Crippen LogP contribution in [0.5, 0.6) is 0 Å². The first-order valence-electron chi connectivity index (χ1n) is 5.65. The van der Waals surface area contributed by atoms with Gasteiger partial charge in [0.05, 0.1) is 5.69 Å². The number of anilines is 1. The van der Waals surface area contributed by atoms with Gasteiger partial charge in [0, 0.05) is 18.4 Å². The molecule has 1 heterocycles. The molecule has 0 bridgehead atoms. The fraction of sp³-hybridized carbons (Fsp3) is 0.214. The van der Waals surface area contributed by atoms with Crippen molar-refractivity contribution < 1.29 is 5.11 Å². The van der Waals surface area contributed by atoms with Crippen LogP contribution in [0.3, 0.4) is 0 Å². The largest absolute Gasteiger partial charge is 0.385 e. The van der Waals surface area contributed by atoms with E-state index in [0.29, 0.717) is 12.2 Å². The molecule has 1 unspecified atom stereocenters. The summed E-state index contributed by atoms with van der Waals surface area (Å²) < 4.78 is 0. The van der Waals surface area contributed by atoms with Crippen molar-refractivity contribution in [1.29, 1.82) is 0 Å². The quantitative estimate of drug-likeness (QED) is 0.845. The van der Waals surface area contributed by atoms with Gasteiger partial charge in [-0.05, 0) is 36.8 Å². The summed E-state index contributed by atoms with van der Waals surface area (Å²) in [6.07, 6.45) is 1.10. The van der Waals surface area contributed by atoms with Crippen LogP contribution in [0.25, 0.3) is 0 Å². The van der Waals surface area contributed by atoms with Crippen molar-refractivity contribution in [2.45, 2.75) is 13.0 Å². The third-order valence-corrected chi connectivity index (χ3v) is 2.55. The lowest BCUT2D eigenvalue weighted by Gasteiger charge is -2.12. The molecule has 0 aliphatic rings. The third kappa shape index (κ3) is 3.29. The van der Waals surface area contributed by atoms with Crippen molar-refractivity contribution in [3.05, 3.63) is 59.9 Å². The standard InChI is InChI=1S/C14H16N2O/c1-11-5-4-6-12(9-11)16-10-14(17)13-7-2-3-8-15-13/h2-9,14,16-17H,10H2,1H3. The molecule has 2 aromatic rings. The van der Waals surface area contributed by atoms with Gasteiger partial charge in [-0.1, -0.05) is 18.2 Å². The van der Waals surface area contributed by atoms with Crippen LogP contribution in [0, 0.1) is 6.92 Å². The van der Waals surface area contributed by atoms with E-state index in [0.717, 1.165) is 5.69 Å². The summed E-state index contributed by atoms with van der Waals surface area (Å²) in [6.45, 7) is 2.50. The van der Waals surface area contributed by atoms with Crippen molar-refractivity contribution in [2.75, 3.05) is 11.9 Å². The zero-order chi connectivity index (χ0) is 12.1. The first kappa shape index (κ1) is 11.6. The third-order valence-electron chi connectivity index (χ3n) is 2.55. The summed E-state index contributed by atoms with van der Waals surface area (Å²) in [7, 11) is 0. The summed E-state index contributed by atoms with van der Waals surface area (Å²) in [6, 6.07) is 13.6. The minimum Gasteiger partial charge on any atom is -0.385 e. The fourth-order valence-corrected chi connectivity index (χ4v) is 1.65. The molecule has 0 saturated carbocycles. The average Bonchev–Trinajstić information content (AvgIpc) is 2.37. The number of hydrogen-bond acceptors (Lipinski definition) is 3. The van der Waals surface area contributed by atoms with Crippen molar-refractivity contribution in [3.63, 3.8) is 0 Å². The minimum atomic E-state index is -0.586. The number of benzene rings is 1.